The van der Waals surface area contributed by atoms with Gasteiger partial charge in [-0.1, -0.05) is 41.0 Å². The van der Waals surface area contributed by atoms with Crippen LogP contribution < -0.4 is 11.1 Å². The molecule has 0 aromatic heterocycles. The van der Waals surface area contributed by atoms with Gasteiger partial charge in [-0.3, -0.25) is 0 Å². The maximum absolute atomic E-state index is 8.65. The van der Waals surface area contributed by atoms with Crippen LogP contribution in [-0.2, 0) is 6.54 Å². The molecule has 19 heavy (non-hydrogen) atoms. The highest BCUT2D eigenvalue weighted by molar-refractivity contribution is 6.30. The van der Waals surface area contributed by atoms with Crippen LogP contribution in [0, 0.1) is 0 Å². The molecule has 0 heterocycles. The van der Waals surface area contributed by atoms with Crippen molar-refractivity contribution in [3.63, 3.8) is 0 Å². The van der Waals surface area contributed by atoms with Crippen LogP contribution in [0.4, 0.5) is 5.69 Å². The van der Waals surface area contributed by atoms with Crippen LogP contribution in [0.3, 0.4) is 0 Å². The molecule has 0 saturated heterocycles. The summed E-state index contributed by atoms with van der Waals surface area (Å²) in [5.74, 6) is 0.101. The molecule has 0 saturated carbocycles. The molecule has 0 aliphatic rings. The summed E-state index contributed by atoms with van der Waals surface area (Å²) in [4.78, 5) is 0. The molecule has 2 aromatic rings. The van der Waals surface area contributed by atoms with Crippen LogP contribution in [0.5, 0.6) is 0 Å². The topological polar surface area (TPSA) is 70.6 Å². The first-order valence-corrected chi connectivity index (χ1v) is 6.13. The standard InChI is InChI=1S/C14H14ClN3O/c15-12-5-2-6-13(8-12)17-9-10-3-1-4-11(7-10)14(16)18-19/h1-8,17,19H,9H2,(H2,16,18). The Bertz CT molecular complexity index is 599. The third kappa shape index (κ3) is 3.63. The van der Waals surface area contributed by atoms with E-state index in [1.165, 1.54) is 0 Å². The maximum atomic E-state index is 8.65. The van der Waals surface area contributed by atoms with Crippen LogP contribution in [-0.4, -0.2) is 11.0 Å². The van der Waals surface area contributed by atoms with E-state index in [-0.39, 0.29) is 5.84 Å². The summed E-state index contributed by atoms with van der Waals surface area (Å²) >= 11 is 5.91. The Labute approximate surface area is 116 Å². The molecule has 0 fully saturated rings. The smallest absolute Gasteiger partial charge is 0.170 e. The lowest BCUT2D eigenvalue weighted by molar-refractivity contribution is 0.318. The van der Waals surface area contributed by atoms with E-state index >= 15 is 0 Å². The number of halogens is 1. The number of nitrogens with one attached hydrogen (secondary N) is 1. The summed E-state index contributed by atoms with van der Waals surface area (Å²) in [5.41, 5.74) is 8.22. The number of anilines is 1. The summed E-state index contributed by atoms with van der Waals surface area (Å²) in [6.45, 7) is 0.632. The summed E-state index contributed by atoms with van der Waals surface area (Å²) in [6.07, 6.45) is 0. The molecule has 4 nitrogen and oxygen atoms in total. The molecule has 4 N–H and O–H groups in total. The highest BCUT2D eigenvalue weighted by Gasteiger charge is 2.01. The van der Waals surface area contributed by atoms with Crippen molar-refractivity contribution in [1.29, 1.82) is 0 Å². The monoisotopic (exact) mass is 275 g/mol. The molecule has 0 aliphatic heterocycles. The third-order valence-electron chi connectivity index (χ3n) is 2.65. The Morgan fingerprint density at radius 2 is 2.00 bits per heavy atom. The molecule has 0 spiro atoms. The van der Waals surface area contributed by atoms with Crippen molar-refractivity contribution < 1.29 is 5.21 Å². The van der Waals surface area contributed by atoms with E-state index in [9.17, 15) is 0 Å². The van der Waals surface area contributed by atoms with Crippen LogP contribution >= 0.6 is 11.6 Å². The lowest BCUT2D eigenvalue weighted by Gasteiger charge is -2.08. The van der Waals surface area contributed by atoms with E-state index in [1.807, 2.05) is 42.5 Å². The number of amidine groups is 1. The highest BCUT2D eigenvalue weighted by Crippen LogP contribution is 2.16. The van der Waals surface area contributed by atoms with Crippen LogP contribution in [0.2, 0.25) is 5.02 Å². The zero-order valence-electron chi connectivity index (χ0n) is 10.2. The van der Waals surface area contributed by atoms with Gasteiger partial charge in [-0.15, -0.1) is 0 Å². The third-order valence-corrected chi connectivity index (χ3v) is 2.89. The second-order valence-corrected chi connectivity index (χ2v) is 4.49. The number of nitrogens with two attached hydrogens (primary N) is 1. The largest absolute Gasteiger partial charge is 0.409 e. The second-order valence-electron chi connectivity index (χ2n) is 4.05. The zero-order valence-corrected chi connectivity index (χ0v) is 10.9. The average Bonchev–Trinajstić information content (AvgIpc) is 2.45. The molecular formula is C14H14ClN3O. The van der Waals surface area contributed by atoms with Gasteiger partial charge in [0.2, 0.25) is 0 Å². The van der Waals surface area contributed by atoms with E-state index in [2.05, 4.69) is 10.5 Å². The van der Waals surface area contributed by atoms with Gasteiger partial charge in [0, 0.05) is 22.8 Å². The fraction of sp³-hybridized carbons (Fsp3) is 0.0714. The minimum atomic E-state index is 0.101. The van der Waals surface area contributed by atoms with Gasteiger partial charge in [0.15, 0.2) is 5.84 Å². The van der Waals surface area contributed by atoms with E-state index in [1.54, 1.807) is 6.07 Å². The van der Waals surface area contributed by atoms with Crippen molar-refractivity contribution in [2.45, 2.75) is 6.54 Å². The predicted octanol–water partition coefficient (Wildman–Crippen LogP) is 3.05. The SMILES string of the molecule is NC(=NO)c1cccc(CNc2cccc(Cl)c2)c1. The number of hydrogen-bond acceptors (Lipinski definition) is 3. The van der Waals surface area contributed by atoms with Crippen molar-refractivity contribution in [2.24, 2.45) is 10.9 Å². The quantitative estimate of drug-likeness (QED) is 0.348. The molecular weight excluding hydrogens is 262 g/mol. The second kappa shape index (κ2) is 6.11. The van der Waals surface area contributed by atoms with Gasteiger partial charge in [0.25, 0.3) is 0 Å². The van der Waals surface area contributed by atoms with Crippen molar-refractivity contribution in [1.82, 2.24) is 0 Å². The van der Waals surface area contributed by atoms with Crippen LogP contribution in [0.1, 0.15) is 11.1 Å². The van der Waals surface area contributed by atoms with E-state index in [0.717, 1.165) is 11.3 Å². The fourth-order valence-corrected chi connectivity index (χ4v) is 1.89. The molecule has 2 aromatic carbocycles. The number of hydrogen-bond donors (Lipinski definition) is 3. The number of benzene rings is 2. The molecule has 0 atom stereocenters. The zero-order chi connectivity index (χ0) is 13.7. The Balaban J connectivity index is 2.08. The minimum absolute atomic E-state index is 0.101. The molecule has 2 rings (SSSR count). The number of nitrogens with zero attached hydrogens (tertiary/aromatic N) is 1. The van der Waals surface area contributed by atoms with E-state index in [0.29, 0.717) is 17.1 Å². The highest BCUT2D eigenvalue weighted by atomic mass is 35.5. The molecule has 98 valence electrons. The van der Waals surface area contributed by atoms with Crippen LogP contribution in [0.15, 0.2) is 53.7 Å². The lowest BCUT2D eigenvalue weighted by atomic mass is 10.1. The van der Waals surface area contributed by atoms with E-state index < -0.39 is 0 Å². The number of rotatable bonds is 4. The Kier molecular flexibility index (Phi) is 4.26. The average molecular weight is 276 g/mol. The Hall–Kier alpha value is -2.20. The minimum Gasteiger partial charge on any atom is -0.409 e. The molecule has 0 unspecified atom stereocenters. The first-order chi connectivity index (χ1) is 9.19. The van der Waals surface area contributed by atoms with Gasteiger partial charge < -0.3 is 16.3 Å². The summed E-state index contributed by atoms with van der Waals surface area (Å²) in [6, 6.07) is 15.0. The summed E-state index contributed by atoms with van der Waals surface area (Å²) in [5, 5.41) is 15.6. The first-order valence-electron chi connectivity index (χ1n) is 5.75. The van der Waals surface area contributed by atoms with Gasteiger partial charge in [0.05, 0.1) is 0 Å². The van der Waals surface area contributed by atoms with Crippen molar-refractivity contribution in [3.05, 3.63) is 64.7 Å². The van der Waals surface area contributed by atoms with Crippen molar-refractivity contribution in [2.75, 3.05) is 5.32 Å². The lowest BCUT2D eigenvalue weighted by Crippen LogP contribution is -2.13. The van der Waals surface area contributed by atoms with Gasteiger partial charge in [-0.2, -0.15) is 0 Å². The van der Waals surface area contributed by atoms with Crippen molar-refractivity contribution >= 4 is 23.1 Å². The predicted molar refractivity (Wildman–Crippen MR) is 77.7 cm³/mol. The molecule has 0 radical (unpaired) electrons. The van der Waals surface area contributed by atoms with Gasteiger partial charge in [0.1, 0.15) is 0 Å². The van der Waals surface area contributed by atoms with E-state index in [4.69, 9.17) is 22.5 Å². The molecule has 0 bridgehead atoms. The summed E-state index contributed by atoms with van der Waals surface area (Å²) in [7, 11) is 0. The van der Waals surface area contributed by atoms with Gasteiger partial charge in [-0.05, 0) is 29.8 Å². The normalized spacial score (nSPS) is 11.3. The summed E-state index contributed by atoms with van der Waals surface area (Å²) < 4.78 is 0. The maximum Gasteiger partial charge on any atom is 0.170 e. The van der Waals surface area contributed by atoms with Crippen molar-refractivity contribution in [3.8, 4) is 0 Å². The number of oxime groups is 1. The molecule has 0 amide bonds. The first kappa shape index (κ1) is 13.2. The Morgan fingerprint density at radius 3 is 2.74 bits per heavy atom. The Morgan fingerprint density at radius 1 is 1.21 bits per heavy atom. The van der Waals surface area contributed by atoms with Crippen LogP contribution in [0.25, 0.3) is 0 Å². The fourth-order valence-electron chi connectivity index (χ4n) is 1.70. The van der Waals surface area contributed by atoms with Gasteiger partial charge in [-0.25, -0.2) is 0 Å². The molecule has 0 aliphatic carbocycles. The van der Waals surface area contributed by atoms with Gasteiger partial charge >= 0.3 is 0 Å². The molecule has 5 heteroatoms.